The standard InChI is InChI=1S/C15H20N2O5/c1-15(2,3)22-14(19)16-8-4-5-11-6-7-12(10-18)13(9-11)17(20)21/h4-7,9,18H,8,10H2,1-3H3,(H,16,19). The number of nitro benzene ring substituents is 1. The minimum Gasteiger partial charge on any atom is -0.444 e. The van der Waals surface area contributed by atoms with Gasteiger partial charge in [-0.15, -0.1) is 0 Å². The van der Waals surface area contributed by atoms with Crippen molar-refractivity contribution >= 4 is 17.9 Å². The molecule has 0 atom stereocenters. The lowest BCUT2D eigenvalue weighted by Crippen LogP contribution is -2.32. The Kier molecular flexibility index (Phi) is 6.06. The van der Waals surface area contributed by atoms with E-state index in [2.05, 4.69) is 5.32 Å². The summed E-state index contributed by atoms with van der Waals surface area (Å²) in [4.78, 5) is 21.8. The van der Waals surface area contributed by atoms with Gasteiger partial charge in [-0.05, 0) is 32.4 Å². The van der Waals surface area contributed by atoms with Crippen LogP contribution in [-0.2, 0) is 11.3 Å². The van der Waals surface area contributed by atoms with E-state index in [0.717, 1.165) is 0 Å². The molecule has 0 radical (unpaired) electrons. The van der Waals surface area contributed by atoms with E-state index in [0.29, 0.717) is 5.56 Å². The first-order valence-electron chi connectivity index (χ1n) is 6.74. The van der Waals surface area contributed by atoms with Crippen molar-refractivity contribution in [1.82, 2.24) is 5.32 Å². The van der Waals surface area contributed by atoms with Crippen molar-refractivity contribution in [3.05, 3.63) is 45.5 Å². The molecule has 120 valence electrons. The molecule has 0 aliphatic rings. The molecule has 0 fully saturated rings. The van der Waals surface area contributed by atoms with Gasteiger partial charge in [-0.3, -0.25) is 10.1 Å². The summed E-state index contributed by atoms with van der Waals surface area (Å²) in [6, 6.07) is 4.52. The van der Waals surface area contributed by atoms with Crippen molar-refractivity contribution in [2.75, 3.05) is 6.54 Å². The van der Waals surface area contributed by atoms with Crippen LogP contribution in [0.2, 0.25) is 0 Å². The van der Waals surface area contributed by atoms with Crippen LogP contribution in [0.25, 0.3) is 6.08 Å². The minimum absolute atomic E-state index is 0.134. The number of nitro groups is 1. The van der Waals surface area contributed by atoms with Crippen LogP contribution >= 0.6 is 0 Å². The number of hydrogen-bond donors (Lipinski definition) is 2. The summed E-state index contributed by atoms with van der Waals surface area (Å²) in [7, 11) is 0. The second kappa shape index (κ2) is 7.56. The Morgan fingerprint density at radius 3 is 2.68 bits per heavy atom. The van der Waals surface area contributed by atoms with Gasteiger partial charge in [-0.1, -0.05) is 18.2 Å². The third kappa shape index (κ3) is 5.92. The Labute approximate surface area is 128 Å². The predicted molar refractivity (Wildman–Crippen MR) is 82.3 cm³/mol. The number of nitrogens with zero attached hydrogens (tertiary/aromatic N) is 1. The fourth-order valence-electron chi connectivity index (χ4n) is 1.64. The smallest absolute Gasteiger partial charge is 0.407 e. The highest BCUT2D eigenvalue weighted by Crippen LogP contribution is 2.21. The zero-order valence-corrected chi connectivity index (χ0v) is 12.8. The van der Waals surface area contributed by atoms with Crippen molar-refractivity contribution in [3.8, 4) is 0 Å². The van der Waals surface area contributed by atoms with Gasteiger partial charge in [0.2, 0.25) is 0 Å². The molecule has 1 rings (SSSR count). The van der Waals surface area contributed by atoms with Crippen molar-refractivity contribution < 1.29 is 19.6 Å². The van der Waals surface area contributed by atoms with Gasteiger partial charge in [0.25, 0.3) is 5.69 Å². The summed E-state index contributed by atoms with van der Waals surface area (Å²) in [5.41, 5.74) is 0.169. The second-order valence-corrected chi connectivity index (χ2v) is 5.59. The molecule has 22 heavy (non-hydrogen) atoms. The average molecular weight is 308 g/mol. The lowest BCUT2D eigenvalue weighted by Gasteiger charge is -2.19. The molecule has 1 aromatic rings. The largest absolute Gasteiger partial charge is 0.444 e. The summed E-state index contributed by atoms with van der Waals surface area (Å²) in [5.74, 6) is 0. The third-order valence-corrected chi connectivity index (χ3v) is 2.55. The third-order valence-electron chi connectivity index (χ3n) is 2.55. The van der Waals surface area contributed by atoms with Crippen LogP contribution in [-0.4, -0.2) is 28.3 Å². The molecule has 2 N–H and O–H groups in total. The predicted octanol–water partition coefficient (Wildman–Crippen LogP) is 2.63. The molecular formula is C15H20N2O5. The molecular weight excluding hydrogens is 288 g/mol. The molecule has 1 aromatic carbocycles. The molecule has 0 saturated heterocycles. The maximum Gasteiger partial charge on any atom is 0.407 e. The van der Waals surface area contributed by atoms with E-state index >= 15 is 0 Å². The molecule has 0 aliphatic carbocycles. The molecule has 0 heterocycles. The number of alkyl carbamates (subject to hydrolysis) is 1. The summed E-state index contributed by atoms with van der Waals surface area (Å²) in [5, 5.41) is 22.5. The molecule has 0 bridgehead atoms. The molecule has 1 amide bonds. The number of carbonyl (C=O) groups excluding carboxylic acids is 1. The first-order valence-corrected chi connectivity index (χ1v) is 6.74. The van der Waals surface area contributed by atoms with Gasteiger partial charge in [0.1, 0.15) is 5.60 Å². The van der Waals surface area contributed by atoms with Crippen molar-refractivity contribution in [2.24, 2.45) is 0 Å². The highest BCUT2D eigenvalue weighted by atomic mass is 16.6. The minimum atomic E-state index is -0.561. The van der Waals surface area contributed by atoms with E-state index < -0.39 is 16.6 Å². The van der Waals surface area contributed by atoms with Gasteiger partial charge in [-0.25, -0.2) is 4.79 Å². The first-order chi connectivity index (χ1) is 10.2. The SMILES string of the molecule is CC(C)(C)OC(=O)NCC=Cc1ccc(CO)c([N+](=O)[O-])c1. The highest BCUT2D eigenvalue weighted by Gasteiger charge is 2.15. The van der Waals surface area contributed by atoms with Crippen LogP contribution in [0.1, 0.15) is 31.9 Å². The van der Waals surface area contributed by atoms with Gasteiger partial charge in [0.05, 0.1) is 17.1 Å². The Hall–Kier alpha value is -2.41. The number of amides is 1. The number of aliphatic hydroxyl groups is 1. The van der Waals surface area contributed by atoms with Crippen LogP contribution in [0, 0.1) is 10.1 Å². The molecule has 0 aliphatic heterocycles. The topological polar surface area (TPSA) is 102 Å². The first kappa shape index (κ1) is 17.6. The van der Waals surface area contributed by atoms with E-state index in [1.165, 1.54) is 12.1 Å². The van der Waals surface area contributed by atoms with E-state index in [4.69, 9.17) is 9.84 Å². The quantitative estimate of drug-likeness (QED) is 0.643. The molecule has 0 spiro atoms. The van der Waals surface area contributed by atoms with Crippen molar-refractivity contribution in [1.29, 1.82) is 0 Å². The van der Waals surface area contributed by atoms with Gasteiger partial charge < -0.3 is 15.2 Å². The molecule has 0 unspecified atom stereocenters. The maximum atomic E-state index is 11.4. The van der Waals surface area contributed by atoms with Gasteiger partial charge in [-0.2, -0.15) is 0 Å². The van der Waals surface area contributed by atoms with Crippen LogP contribution in [0.15, 0.2) is 24.3 Å². The number of hydrogen-bond acceptors (Lipinski definition) is 5. The number of nitrogens with one attached hydrogen (secondary N) is 1. The normalized spacial score (nSPS) is 11.5. The zero-order valence-electron chi connectivity index (χ0n) is 12.8. The van der Waals surface area contributed by atoms with Crippen LogP contribution in [0.4, 0.5) is 10.5 Å². The van der Waals surface area contributed by atoms with Crippen LogP contribution in [0.5, 0.6) is 0 Å². The Morgan fingerprint density at radius 2 is 2.14 bits per heavy atom. The number of benzene rings is 1. The van der Waals surface area contributed by atoms with E-state index in [9.17, 15) is 14.9 Å². The van der Waals surface area contributed by atoms with E-state index in [1.54, 1.807) is 39.0 Å². The molecule has 0 aromatic heterocycles. The Morgan fingerprint density at radius 1 is 1.45 bits per heavy atom. The van der Waals surface area contributed by atoms with Gasteiger partial charge >= 0.3 is 6.09 Å². The highest BCUT2D eigenvalue weighted by molar-refractivity contribution is 5.68. The average Bonchev–Trinajstić information content (AvgIpc) is 2.41. The Balaban J connectivity index is 2.62. The summed E-state index contributed by atoms with van der Waals surface area (Å²) >= 11 is 0. The fraction of sp³-hybridized carbons (Fsp3) is 0.400. The lowest BCUT2D eigenvalue weighted by molar-refractivity contribution is -0.385. The van der Waals surface area contributed by atoms with E-state index in [-0.39, 0.29) is 24.4 Å². The number of ether oxygens (including phenoxy) is 1. The van der Waals surface area contributed by atoms with Gasteiger partial charge in [0.15, 0.2) is 0 Å². The van der Waals surface area contributed by atoms with Crippen LogP contribution < -0.4 is 5.32 Å². The Bertz CT molecular complexity index is 576. The number of carbonyl (C=O) groups is 1. The van der Waals surface area contributed by atoms with Crippen molar-refractivity contribution in [3.63, 3.8) is 0 Å². The van der Waals surface area contributed by atoms with Crippen LogP contribution in [0.3, 0.4) is 0 Å². The monoisotopic (exact) mass is 308 g/mol. The van der Waals surface area contributed by atoms with Crippen molar-refractivity contribution in [2.45, 2.75) is 33.0 Å². The molecule has 0 saturated carbocycles. The number of aliphatic hydroxyl groups excluding tert-OH is 1. The summed E-state index contributed by atoms with van der Waals surface area (Å²) < 4.78 is 5.07. The fourth-order valence-corrected chi connectivity index (χ4v) is 1.64. The van der Waals surface area contributed by atoms with Gasteiger partial charge in [0, 0.05) is 12.6 Å². The van der Waals surface area contributed by atoms with E-state index in [1.807, 2.05) is 0 Å². The zero-order chi connectivity index (χ0) is 16.8. The maximum absolute atomic E-state index is 11.4. The second-order valence-electron chi connectivity index (χ2n) is 5.59. The number of rotatable bonds is 5. The molecule has 7 heteroatoms. The lowest BCUT2D eigenvalue weighted by atomic mass is 10.1. The summed E-state index contributed by atoms with van der Waals surface area (Å²) in [6.45, 7) is 5.16. The molecule has 7 nitrogen and oxygen atoms in total. The summed E-state index contributed by atoms with van der Waals surface area (Å²) in [6.07, 6.45) is 2.77.